The van der Waals surface area contributed by atoms with Crippen LogP contribution in [0.2, 0.25) is 6.82 Å². The van der Waals surface area contributed by atoms with E-state index in [4.69, 9.17) is 0 Å². The maximum atomic E-state index is 12.4. The molecule has 0 N–H and O–H groups in total. The van der Waals surface area contributed by atoms with Gasteiger partial charge in [0.05, 0.1) is 0 Å². The van der Waals surface area contributed by atoms with E-state index in [-0.39, 0.29) is 5.82 Å². The highest BCUT2D eigenvalue weighted by Gasteiger charge is 2.05. The molecule has 0 atom stereocenters. The predicted octanol–water partition coefficient (Wildman–Crippen LogP) is 2.50. The highest BCUT2D eigenvalue weighted by atomic mass is 19.1. The minimum Gasteiger partial charge on any atom is -0.336 e. The van der Waals surface area contributed by atoms with Gasteiger partial charge in [-0.15, -0.1) is 0 Å². The number of hydrogen-bond acceptors (Lipinski definition) is 0. The molecule has 0 saturated carbocycles. The smallest absolute Gasteiger partial charge is 0.336 e. The molecule has 1 aromatic carbocycles. The molecule has 0 aliphatic rings. The van der Waals surface area contributed by atoms with Crippen molar-refractivity contribution in [3.05, 3.63) is 35.6 Å². The van der Waals surface area contributed by atoms with Crippen LogP contribution >= 0.6 is 0 Å². The van der Waals surface area contributed by atoms with Crippen LogP contribution in [0.15, 0.2) is 24.3 Å². The Balaban J connectivity index is 2.66. The third-order valence-electron chi connectivity index (χ3n) is 1.43. The summed E-state index contributed by atoms with van der Waals surface area (Å²) in [5.41, 5.74) is 0.835. The van der Waals surface area contributed by atoms with Crippen LogP contribution in [0.3, 0.4) is 0 Å². The average molecular weight is 154 g/mol. The summed E-state index contributed by atoms with van der Waals surface area (Å²) in [7, 11) is 0. The van der Waals surface area contributed by atoms with E-state index < -0.39 is 6.99 Å². The Morgan fingerprint density at radius 2 is 1.82 bits per heavy atom. The van der Waals surface area contributed by atoms with Crippen molar-refractivity contribution in [1.29, 1.82) is 0 Å². The molecule has 0 aliphatic heterocycles. The molecule has 0 amide bonds. The Kier molecular flexibility index (Phi) is 2.63. The third-order valence-corrected chi connectivity index (χ3v) is 1.43. The average Bonchev–Trinajstić information content (AvgIpc) is 1.93. The Morgan fingerprint density at radius 1 is 1.27 bits per heavy atom. The maximum absolute atomic E-state index is 12.4. The Morgan fingerprint density at radius 3 is 2.27 bits per heavy atom. The fraction of sp³-hybridized carbons (Fsp3) is 0.250. The van der Waals surface area contributed by atoms with E-state index in [0.29, 0.717) is 6.32 Å². The SMILES string of the molecule is CB(F)Cc1ccc(F)cc1. The summed E-state index contributed by atoms with van der Waals surface area (Å²) >= 11 is 0. The maximum Gasteiger partial charge on any atom is 0.349 e. The molecule has 11 heavy (non-hydrogen) atoms. The first-order valence-electron chi connectivity index (χ1n) is 3.57. The van der Waals surface area contributed by atoms with Gasteiger partial charge in [0, 0.05) is 0 Å². The summed E-state index contributed by atoms with van der Waals surface area (Å²) < 4.78 is 24.7. The standard InChI is InChI=1S/C8H9BF2/c1-9(11)6-7-2-4-8(10)5-3-7/h2-5H,6H2,1H3. The van der Waals surface area contributed by atoms with Crippen molar-refractivity contribution in [3.8, 4) is 0 Å². The van der Waals surface area contributed by atoms with Crippen LogP contribution in [0.4, 0.5) is 8.71 Å². The van der Waals surface area contributed by atoms with E-state index in [1.165, 1.54) is 19.0 Å². The largest absolute Gasteiger partial charge is 0.349 e. The van der Waals surface area contributed by atoms with Crippen LogP contribution in [-0.2, 0) is 6.32 Å². The molecule has 0 aromatic heterocycles. The predicted molar refractivity (Wildman–Crippen MR) is 42.8 cm³/mol. The van der Waals surface area contributed by atoms with Crippen molar-refractivity contribution in [2.45, 2.75) is 13.1 Å². The summed E-state index contributed by atoms with van der Waals surface area (Å²) in [5.74, 6) is -0.278. The molecule has 0 bridgehead atoms. The zero-order valence-corrected chi connectivity index (χ0v) is 6.35. The van der Waals surface area contributed by atoms with E-state index in [1.54, 1.807) is 12.1 Å². The zero-order chi connectivity index (χ0) is 8.27. The lowest BCUT2D eigenvalue weighted by Crippen LogP contribution is -2.03. The van der Waals surface area contributed by atoms with Gasteiger partial charge in [-0.05, 0) is 18.5 Å². The molecular formula is C8H9BF2. The number of hydrogen-bond donors (Lipinski definition) is 0. The zero-order valence-electron chi connectivity index (χ0n) is 6.35. The Hall–Kier alpha value is -0.855. The van der Waals surface area contributed by atoms with Crippen LogP contribution in [0.25, 0.3) is 0 Å². The van der Waals surface area contributed by atoms with Gasteiger partial charge >= 0.3 is 6.99 Å². The van der Waals surface area contributed by atoms with Gasteiger partial charge < -0.3 is 4.32 Å². The van der Waals surface area contributed by atoms with Gasteiger partial charge in [-0.3, -0.25) is 0 Å². The van der Waals surface area contributed by atoms with E-state index in [2.05, 4.69) is 0 Å². The molecule has 1 rings (SSSR count). The van der Waals surface area contributed by atoms with Crippen molar-refractivity contribution in [3.63, 3.8) is 0 Å². The van der Waals surface area contributed by atoms with Crippen molar-refractivity contribution in [1.82, 2.24) is 0 Å². The lowest BCUT2D eigenvalue weighted by atomic mass is 9.69. The fourth-order valence-corrected chi connectivity index (χ4v) is 0.945. The van der Waals surface area contributed by atoms with Crippen LogP contribution < -0.4 is 0 Å². The van der Waals surface area contributed by atoms with Crippen LogP contribution in [0, 0.1) is 5.82 Å². The topological polar surface area (TPSA) is 0 Å². The van der Waals surface area contributed by atoms with Gasteiger partial charge in [-0.25, -0.2) is 4.39 Å². The Bertz CT molecular complexity index is 218. The molecule has 0 spiro atoms. The van der Waals surface area contributed by atoms with Crippen molar-refractivity contribution < 1.29 is 8.71 Å². The second kappa shape index (κ2) is 3.51. The summed E-state index contributed by atoms with van der Waals surface area (Å²) in [5, 5.41) is 0. The third kappa shape index (κ3) is 2.70. The molecular weight excluding hydrogens is 145 g/mol. The minimum absolute atomic E-state index is 0.278. The van der Waals surface area contributed by atoms with Gasteiger partial charge in [0.25, 0.3) is 0 Å². The van der Waals surface area contributed by atoms with Crippen molar-refractivity contribution in [2.75, 3.05) is 0 Å². The Labute approximate surface area is 65.4 Å². The lowest BCUT2D eigenvalue weighted by molar-refractivity contribution is 0.627. The molecule has 0 unspecified atom stereocenters. The minimum atomic E-state index is -0.861. The normalized spacial score (nSPS) is 9.73. The molecule has 0 heterocycles. The first-order valence-corrected chi connectivity index (χ1v) is 3.57. The quantitative estimate of drug-likeness (QED) is 0.574. The first-order chi connectivity index (χ1) is 5.18. The fourth-order valence-electron chi connectivity index (χ4n) is 0.945. The van der Waals surface area contributed by atoms with Gasteiger partial charge in [0.15, 0.2) is 0 Å². The highest BCUT2D eigenvalue weighted by molar-refractivity contribution is 6.48. The summed E-state index contributed by atoms with van der Waals surface area (Å²) in [6, 6.07) is 5.90. The van der Waals surface area contributed by atoms with Crippen LogP contribution in [-0.4, -0.2) is 6.99 Å². The number of rotatable bonds is 2. The summed E-state index contributed by atoms with van der Waals surface area (Å²) in [4.78, 5) is 0. The van der Waals surface area contributed by atoms with E-state index in [1.807, 2.05) is 0 Å². The van der Waals surface area contributed by atoms with Gasteiger partial charge in [-0.2, -0.15) is 0 Å². The van der Waals surface area contributed by atoms with Gasteiger partial charge in [0.1, 0.15) is 5.82 Å². The highest BCUT2D eigenvalue weighted by Crippen LogP contribution is 2.05. The monoisotopic (exact) mass is 154 g/mol. The second-order valence-corrected chi connectivity index (χ2v) is 2.61. The van der Waals surface area contributed by atoms with Gasteiger partial charge in [0.2, 0.25) is 0 Å². The molecule has 0 aliphatic carbocycles. The lowest BCUT2D eigenvalue weighted by Gasteiger charge is -1.97. The molecule has 3 heteroatoms. The molecule has 0 nitrogen and oxygen atoms in total. The van der Waals surface area contributed by atoms with Crippen LogP contribution in [0.5, 0.6) is 0 Å². The molecule has 0 saturated heterocycles. The molecule has 0 fully saturated rings. The van der Waals surface area contributed by atoms with E-state index >= 15 is 0 Å². The molecule has 58 valence electrons. The molecule has 0 radical (unpaired) electrons. The van der Waals surface area contributed by atoms with E-state index in [0.717, 1.165) is 5.56 Å². The van der Waals surface area contributed by atoms with Crippen molar-refractivity contribution >= 4 is 6.99 Å². The second-order valence-electron chi connectivity index (χ2n) is 2.61. The van der Waals surface area contributed by atoms with Gasteiger partial charge in [-0.1, -0.05) is 24.5 Å². The summed E-state index contributed by atoms with van der Waals surface area (Å²) in [6.07, 6.45) is 0.361. The number of halogens is 2. The van der Waals surface area contributed by atoms with Crippen LogP contribution in [0.1, 0.15) is 5.56 Å². The first kappa shape index (κ1) is 8.24. The summed E-state index contributed by atoms with van der Waals surface area (Å²) in [6.45, 7) is 0.629. The van der Waals surface area contributed by atoms with Crippen molar-refractivity contribution in [2.24, 2.45) is 0 Å². The number of benzene rings is 1. The van der Waals surface area contributed by atoms with E-state index in [9.17, 15) is 8.71 Å². The molecule has 1 aromatic rings.